The Kier molecular flexibility index (Phi) is 5.73. The van der Waals surface area contributed by atoms with Crippen molar-refractivity contribution in [3.63, 3.8) is 0 Å². The number of nitrogens with zero attached hydrogens (tertiary/aromatic N) is 1. The lowest BCUT2D eigenvalue weighted by molar-refractivity contribution is -0.384. The molecule has 8 heteroatoms. The van der Waals surface area contributed by atoms with E-state index < -0.39 is 10.9 Å². The van der Waals surface area contributed by atoms with Crippen molar-refractivity contribution in [2.24, 2.45) is 0 Å². The van der Waals surface area contributed by atoms with E-state index >= 15 is 0 Å². The van der Waals surface area contributed by atoms with Crippen LogP contribution in [0, 0.1) is 17.0 Å². The van der Waals surface area contributed by atoms with Gasteiger partial charge >= 0.3 is 5.97 Å². The van der Waals surface area contributed by atoms with Crippen LogP contribution in [0.1, 0.15) is 21.5 Å². The first-order chi connectivity index (χ1) is 13.9. The number of rotatable bonds is 7. The van der Waals surface area contributed by atoms with Gasteiger partial charge in [0.05, 0.1) is 10.5 Å². The third kappa shape index (κ3) is 4.32. The molecule has 8 nitrogen and oxygen atoms in total. The van der Waals surface area contributed by atoms with Gasteiger partial charge in [0.15, 0.2) is 12.4 Å². The zero-order valence-electron chi connectivity index (χ0n) is 15.5. The van der Waals surface area contributed by atoms with E-state index in [9.17, 15) is 19.7 Å². The maximum atomic E-state index is 12.6. The molecule has 29 heavy (non-hydrogen) atoms. The number of non-ortho nitro benzene ring substituents is 1. The number of ketones is 1. The first-order valence-corrected chi connectivity index (χ1v) is 8.62. The van der Waals surface area contributed by atoms with Gasteiger partial charge in [-0.15, -0.1) is 0 Å². The van der Waals surface area contributed by atoms with E-state index in [1.54, 1.807) is 25.1 Å². The smallest absolute Gasteiger partial charge is 0.344 e. The number of nitro groups is 1. The summed E-state index contributed by atoms with van der Waals surface area (Å²) in [5, 5.41) is 10.9. The molecule has 0 fully saturated rings. The fraction of sp³-hybridized carbons (Fsp3) is 0.143. The molecule has 0 aromatic heterocycles. The molecule has 0 spiro atoms. The Morgan fingerprint density at radius 3 is 2.83 bits per heavy atom. The summed E-state index contributed by atoms with van der Waals surface area (Å²) in [5.41, 5.74) is 1.28. The Hall–Kier alpha value is -3.94. The highest BCUT2D eigenvalue weighted by molar-refractivity contribution is 6.15. The van der Waals surface area contributed by atoms with Crippen molar-refractivity contribution in [2.75, 3.05) is 13.2 Å². The molecule has 2 aromatic carbocycles. The predicted octanol–water partition coefficient (Wildman–Crippen LogP) is 3.63. The van der Waals surface area contributed by atoms with E-state index in [0.29, 0.717) is 28.2 Å². The first-order valence-electron chi connectivity index (χ1n) is 8.62. The van der Waals surface area contributed by atoms with Gasteiger partial charge in [0.25, 0.3) is 5.69 Å². The number of Topliss-reactive ketones (excluding diaryl/α,β-unsaturated/α-hetero) is 1. The Morgan fingerprint density at radius 1 is 1.31 bits per heavy atom. The quantitative estimate of drug-likeness (QED) is 0.232. The highest BCUT2D eigenvalue weighted by atomic mass is 16.6. The monoisotopic (exact) mass is 395 g/mol. The van der Waals surface area contributed by atoms with Crippen molar-refractivity contribution in [2.45, 2.75) is 6.92 Å². The standard InChI is InChI=1S/C21H17NO7/c1-3-9-27-19(23)12-28-17-8-7-16-20(24)18(29-21(16)13(17)2)11-14-5-4-6-15(10-14)22(25)26/h3-8,10-11H,1,9,12H2,2H3/b18-11-. The molecule has 3 rings (SSSR count). The molecule has 0 atom stereocenters. The van der Waals surface area contributed by atoms with Crippen LogP contribution in [0.5, 0.6) is 11.5 Å². The van der Waals surface area contributed by atoms with Crippen LogP contribution in [-0.4, -0.2) is 29.9 Å². The molecule has 1 heterocycles. The van der Waals surface area contributed by atoms with Gasteiger partial charge in [0.1, 0.15) is 18.1 Å². The number of benzene rings is 2. The lowest BCUT2D eigenvalue weighted by Crippen LogP contribution is -2.15. The molecule has 148 valence electrons. The molecule has 0 N–H and O–H groups in total. The molecule has 0 amide bonds. The van der Waals surface area contributed by atoms with Gasteiger partial charge in [-0.25, -0.2) is 4.79 Å². The van der Waals surface area contributed by atoms with Gasteiger partial charge in [-0.3, -0.25) is 14.9 Å². The van der Waals surface area contributed by atoms with Crippen LogP contribution in [0.2, 0.25) is 0 Å². The minimum atomic E-state index is -0.548. The third-order valence-electron chi connectivity index (χ3n) is 4.12. The maximum Gasteiger partial charge on any atom is 0.344 e. The number of hydrogen-bond acceptors (Lipinski definition) is 7. The average molecular weight is 395 g/mol. The second-order valence-electron chi connectivity index (χ2n) is 6.12. The van der Waals surface area contributed by atoms with Crippen LogP contribution in [0.25, 0.3) is 6.08 Å². The molecule has 1 aliphatic heterocycles. The van der Waals surface area contributed by atoms with E-state index in [0.717, 1.165) is 0 Å². The summed E-state index contributed by atoms with van der Waals surface area (Å²) in [6.45, 7) is 4.96. The first kappa shape index (κ1) is 19.8. The van der Waals surface area contributed by atoms with E-state index in [1.165, 1.54) is 30.4 Å². The van der Waals surface area contributed by atoms with Crippen LogP contribution < -0.4 is 9.47 Å². The highest BCUT2D eigenvalue weighted by Gasteiger charge is 2.30. The SMILES string of the molecule is C=CCOC(=O)COc1ccc2c(c1C)O/C(=C\c1cccc([N+](=O)[O-])c1)C2=O. The summed E-state index contributed by atoms with van der Waals surface area (Å²) < 4.78 is 16.0. The average Bonchev–Trinajstić information content (AvgIpc) is 3.02. The summed E-state index contributed by atoms with van der Waals surface area (Å²) >= 11 is 0. The third-order valence-corrected chi connectivity index (χ3v) is 4.12. The van der Waals surface area contributed by atoms with E-state index in [2.05, 4.69) is 6.58 Å². The molecule has 1 aliphatic rings. The Bertz CT molecular complexity index is 1040. The second-order valence-corrected chi connectivity index (χ2v) is 6.12. The molecule has 0 saturated heterocycles. The van der Waals surface area contributed by atoms with E-state index in [1.807, 2.05) is 0 Å². The normalized spacial score (nSPS) is 13.6. The number of hydrogen-bond donors (Lipinski definition) is 0. The number of nitro benzene ring substituents is 1. The summed E-state index contributed by atoms with van der Waals surface area (Å²) in [6.07, 6.45) is 2.90. The Balaban J connectivity index is 1.80. The summed E-state index contributed by atoms with van der Waals surface area (Å²) in [5.74, 6) is -0.141. The predicted molar refractivity (Wildman–Crippen MR) is 104 cm³/mol. The van der Waals surface area contributed by atoms with Gasteiger partial charge in [0.2, 0.25) is 5.78 Å². The number of esters is 1. The molecular weight excluding hydrogens is 378 g/mol. The summed E-state index contributed by atoms with van der Waals surface area (Å²) in [4.78, 5) is 34.6. The molecule has 0 saturated carbocycles. The Labute approximate surface area is 166 Å². The van der Waals surface area contributed by atoms with Crippen molar-refractivity contribution in [3.05, 3.63) is 81.6 Å². The van der Waals surface area contributed by atoms with Crippen LogP contribution in [0.15, 0.2) is 54.8 Å². The zero-order valence-corrected chi connectivity index (χ0v) is 15.5. The zero-order chi connectivity index (χ0) is 21.0. The molecule has 0 radical (unpaired) electrons. The topological polar surface area (TPSA) is 105 Å². The minimum absolute atomic E-state index is 0.0474. The number of carbonyl (C=O) groups is 2. The van der Waals surface area contributed by atoms with Gasteiger partial charge in [-0.05, 0) is 30.7 Å². The fourth-order valence-electron chi connectivity index (χ4n) is 2.73. The van der Waals surface area contributed by atoms with Gasteiger partial charge in [0, 0.05) is 17.7 Å². The van der Waals surface area contributed by atoms with Gasteiger partial charge in [-0.2, -0.15) is 0 Å². The van der Waals surface area contributed by atoms with Crippen LogP contribution in [-0.2, 0) is 9.53 Å². The maximum absolute atomic E-state index is 12.6. The number of carbonyl (C=O) groups excluding carboxylic acids is 2. The fourth-order valence-corrected chi connectivity index (χ4v) is 2.73. The molecule has 0 aliphatic carbocycles. The lowest BCUT2D eigenvalue weighted by atomic mass is 10.1. The minimum Gasteiger partial charge on any atom is -0.481 e. The van der Waals surface area contributed by atoms with Crippen LogP contribution in [0.4, 0.5) is 5.69 Å². The summed E-state index contributed by atoms with van der Waals surface area (Å²) in [7, 11) is 0. The van der Waals surface area contributed by atoms with Crippen molar-refractivity contribution < 1.29 is 28.7 Å². The second kappa shape index (κ2) is 8.39. The largest absolute Gasteiger partial charge is 0.481 e. The van der Waals surface area contributed by atoms with Crippen molar-refractivity contribution >= 4 is 23.5 Å². The van der Waals surface area contributed by atoms with Gasteiger partial charge < -0.3 is 14.2 Å². The number of allylic oxidation sites excluding steroid dienone is 1. The van der Waals surface area contributed by atoms with Crippen molar-refractivity contribution in [3.8, 4) is 11.5 Å². The van der Waals surface area contributed by atoms with Gasteiger partial charge in [-0.1, -0.05) is 24.8 Å². The number of fused-ring (bicyclic) bond motifs is 1. The highest BCUT2D eigenvalue weighted by Crippen LogP contribution is 2.39. The number of ether oxygens (including phenoxy) is 3. The molecule has 0 unspecified atom stereocenters. The van der Waals surface area contributed by atoms with Crippen molar-refractivity contribution in [1.29, 1.82) is 0 Å². The van der Waals surface area contributed by atoms with Crippen molar-refractivity contribution in [1.82, 2.24) is 0 Å². The van der Waals surface area contributed by atoms with E-state index in [-0.39, 0.29) is 30.4 Å². The Morgan fingerprint density at radius 2 is 2.10 bits per heavy atom. The molecule has 0 bridgehead atoms. The lowest BCUT2D eigenvalue weighted by Gasteiger charge is -2.10. The molecular formula is C21H17NO7. The van der Waals surface area contributed by atoms with Crippen LogP contribution >= 0.6 is 0 Å². The summed E-state index contributed by atoms with van der Waals surface area (Å²) in [6, 6.07) is 9.00. The molecule has 2 aromatic rings. The van der Waals surface area contributed by atoms with E-state index in [4.69, 9.17) is 14.2 Å². The van der Waals surface area contributed by atoms with Crippen LogP contribution in [0.3, 0.4) is 0 Å².